The Kier molecular flexibility index (Phi) is 7.95. The van der Waals surface area contributed by atoms with Crippen LogP contribution in [-0.4, -0.2) is 19.3 Å². The topological polar surface area (TPSA) is 44.9 Å². The van der Waals surface area contributed by atoms with Gasteiger partial charge in [-0.25, -0.2) is 9.67 Å². The van der Waals surface area contributed by atoms with Crippen molar-refractivity contribution in [2.75, 3.05) is 0 Å². The van der Waals surface area contributed by atoms with E-state index in [1.54, 1.807) is 0 Å². The van der Waals surface area contributed by atoms with Crippen molar-refractivity contribution >= 4 is 21.8 Å². The Balaban J connectivity index is 1.32. The normalized spacial score (nSPS) is 12.2. The van der Waals surface area contributed by atoms with E-state index in [2.05, 4.69) is 161 Å². The summed E-state index contributed by atoms with van der Waals surface area (Å²) in [7, 11) is 0. The molecule has 0 spiro atoms. The molecule has 0 N–H and O–H groups in total. The molecule has 4 aromatic carbocycles. The average Bonchev–Trinajstić information content (AvgIpc) is 3.61. The molecule has 0 saturated heterocycles. The molecule has 48 heavy (non-hydrogen) atoms. The standard InChI is InChI=1S/C43H44N4O/c1-8-15-36-40(29-16-10-9-11-17-29)41(43(5,6)7)47(45-36)31-18-14-19-32(27-31)48-33-22-23-35-34-20-12-13-21-37(34)46(38(35)28-33)39-26-30(24-25-44-39)42(2,3)4/h9-14,16-28H,8,15H2,1-7H3. The first-order valence-corrected chi connectivity index (χ1v) is 17.0. The van der Waals surface area contributed by atoms with Crippen LogP contribution in [0.15, 0.2) is 115 Å². The number of aromatic nitrogens is 4. The first-order chi connectivity index (χ1) is 23.0. The smallest absolute Gasteiger partial charge is 0.137 e. The molecule has 3 heterocycles. The zero-order valence-electron chi connectivity index (χ0n) is 29.1. The van der Waals surface area contributed by atoms with Gasteiger partial charge in [0.1, 0.15) is 17.3 Å². The second-order valence-corrected chi connectivity index (χ2v) is 14.7. The van der Waals surface area contributed by atoms with E-state index in [-0.39, 0.29) is 10.8 Å². The molecular formula is C43H44N4O. The molecule has 0 aliphatic carbocycles. The number of fused-ring (bicyclic) bond motifs is 3. The summed E-state index contributed by atoms with van der Waals surface area (Å²) in [6, 6.07) is 38.2. The minimum Gasteiger partial charge on any atom is -0.457 e. The third-order valence-corrected chi connectivity index (χ3v) is 9.00. The molecule has 5 heteroatoms. The van der Waals surface area contributed by atoms with Crippen LogP contribution in [0.1, 0.15) is 71.8 Å². The maximum Gasteiger partial charge on any atom is 0.137 e. The second kappa shape index (κ2) is 12.1. The summed E-state index contributed by atoms with van der Waals surface area (Å²) in [5.41, 5.74) is 9.04. The number of aryl methyl sites for hydroxylation is 1. The molecule has 242 valence electrons. The maximum absolute atomic E-state index is 6.63. The maximum atomic E-state index is 6.63. The van der Waals surface area contributed by atoms with E-state index >= 15 is 0 Å². The average molecular weight is 633 g/mol. The van der Waals surface area contributed by atoms with Gasteiger partial charge in [-0.1, -0.05) is 109 Å². The van der Waals surface area contributed by atoms with Crippen molar-refractivity contribution in [3.63, 3.8) is 0 Å². The number of para-hydroxylation sites is 1. The molecule has 0 aliphatic heterocycles. The minimum absolute atomic E-state index is 0.0103. The van der Waals surface area contributed by atoms with Crippen LogP contribution in [-0.2, 0) is 17.3 Å². The van der Waals surface area contributed by atoms with E-state index in [0.29, 0.717) is 0 Å². The second-order valence-electron chi connectivity index (χ2n) is 14.7. The van der Waals surface area contributed by atoms with Crippen LogP contribution in [0.3, 0.4) is 0 Å². The van der Waals surface area contributed by atoms with Crippen LogP contribution in [0, 0.1) is 0 Å². The van der Waals surface area contributed by atoms with Gasteiger partial charge in [0.15, 0.2) is 0 Å². The highest BCUT2D eigenvalue weighted by Gasteiger charge is 2.29. The Morgan fingerprint density at radius 3 is 2.15 bits per heavy atom. The van der Waals surface area contributed by atoms with Gasteiger partial charge in [0.25, 0.3) is 0 Å². The van der Waals surface area contributed by atoms with E-state index < -0.39 is 0 Å². The fraction of sp³-hybridized carbons (Fsp3) is 0.256. The zero-order valence-corrected chi connectivity index (χ0v) is 29.1. The van der Waals surface area contributed by atoms with E-state index in [1.165, 1.54) is 27.8 Å². The number of benzene rings is 4. The highest BCUT2D eigenvalue weighted by Crippen LogP contribution is 2.39. The number of hydrogen-bond acceptors (Lipinski definition) is 3. The Bertz CT molecular complexity index is 2240. The van der Waals surface area contributed by atoms with Crippen molar-refractivity contribution < 1.29 is 4.74 Å². The molecule has 0 radical (unpaired) electrons. The lowest BCUT2D eigenvalue weighted by Crippen LogP contribution is -2.18. The lowest BCUT2D eigenvalue weighted by molar-refractivity contribution is 0.482. The Morgan fingerprint density at radius 2 is 1.40 bits per heavy atom. The van der Waals surface area contributed by atoms with E-state index in [0.717, 1.165) is 58.0 Å². The zero-order chi connectivity index (χ0) is 33.6. The molecule has 0 fully saturated rings. The molecular weight excluding hydrogens is 589 g/mol. The van der Waals surface area contributed by atoms with Crippen LogP contribution < -0.4 is 4.74 Å². The predicted octanol–water partition coefficient (Wildman–Crippen LogP) is 11.4. The number of rotatable bonds is 7. The molecule has 0 bridgehead atoms. The summed E-state index contributed by atoms with van der Waals surface area (Å²) < 4.78 is 11.0. The van der Waals surface area contributed by atoms with Crippen molar-refractivity contribution in [1.29, 1.82) is 0 Å². The molecule has 7 aromatic rings. The van der Waals surface area contributed by atoms with Gasteiger partial charge >= 0.3 is 0 Å². The fourth-order valence-corrected chi connectivity index (χ4v) is 6.75. The lowest BCUT2D eigenvalue weighted by Gasteiger charge is -2.23. The summed E-state index contributed by atoms with van der Waals surface area (Å²) in [6.45, 7) is 15.7. The first kappa shape index (κ1) is 31.4. The highest BCUT2D eigenvalue weighted by atomic mass is 16.5. The molecule has 0 amide bonds. The Hall–Kier alpha value is -5.16. The molecule has 0 atom stereocenters. The van der Waals surface area contributed by atoms with E-state index in [4.69, 9.17) is 14.8 Å². The van der Waals surface area contributed by atoms with Crippen molar-refractivity contribution in [3.05, 3.63) is 132 Å². The predicted molar refractivity (Wildman–Crippen MR) is 199 cm³/mol. The minimum atomic E-state index is -0.141. The first-order valence-electron chi connectivity index (χ1n) is 17.0. The van der Waals surface area contributed by atoms with E-state index in [9.17, 15) is 0 Å². The molecule has 5 nitrogen and oxygen atoms in total. The molecule has 3 aromatic heterocycles. The summed E-state index contributed by atoms with van der Waals surface area (Å²) >= 11 is 0. The summed E-state index contributed by atoms with van der Waals surface area (Å²) in [5.74, 6) is 2.43. The third kappa shape index (κ3) is 5.79. The summed E-state index contributed by atoms with van der Waals surface area (Å²) in [5, 5.41) is 7.60. The molecule has 7 rings (SSSR count). The number of ether oxygens (including phenoxy) is 1. The van der Waals surface area contributed by atoms with Gasteiger partial charge in [0.05, 0.1) is 28.1 Å². The van der Waals surface area contributed by atoms with Crippen LogP contribution in [0.5, 0.6) is 11.5 Å². The van der Waals surface area contributed by atoms with Gasteiger partial charge in [-0.15, -0.1) is 0 Å². The van der Waals surface area contributed by atoms with Gasteiger partial charge in [-0.3, -0.25) is 4.57 Å². The van der Waals surface area contributed by atoms with Crippen LogP contribution in [0.25, 0.3) is 44.4 Å². The largest absolute Gasteiger partial charge is 0.457 e. The lowest BCUT2D eigenvalue weighted by atomic mass is 9.85. The van der Waals surface area contributed by atoms with Crippen LogP contribution in [0.4, 0.5) is 0 Å². The molecule has 0 aliphatic rings. The van der Waals surface area contributed by atoms with Gasteiger partial charge in [-0.2, -0.15) is 5.10 Å². The van der Waals surface area contributed by atoms with Crippen molar-refractivity contribution in [3.8, 4) is 34.1 Å². The quantitative estimate of drug-likeness (QED) is 0.176. The number of nitrogens with zero attached hydrogens (tertiary/aromatic N) is 4. The van der Waals surface area contributed by atoms with Gasteiger partial charge in [-0.05, 0) is 65.4 Å². The van der Waals surface area contributed by atoms with E-state index in [1.807, 2.05) is 12.3 Å². The SMILES string of the molecule is CCCc1nn(-c2cccc(Oc3ccc4c5ccccc5n(-c5cc(C(C)(C)C)ccn5)c4c3)c2)c(C(C)(C)C)c1-c1ccccc1. The molecule has 0 saturated carbocycles. The van der Waals surface area contributed by atoms with Gasteiger partial charge in [0, 0.05) is 40.1 Å². The van der Waals surface area contributed by atoms with Crippen LogP contribution >= 0.6 is 0 Å². The Morgan fingerprint density at radius 1 is 0.667 bits per heavy atom. The Labute approximate surface area is 283 Å². The number of hydrogen-bond donors (Lipinski definition) is 0. The van der Waals surface area contributed by atoms with Gasteiger partial charge < -0.3 is 4.74 Å². The fourth-order valence-electron chi connectivity index (χ4n) is 6.75. The van der Waals surface area contributed by atoms with Crippen molar-refractivity contribution in [2.24, 2.45) is 0 Å². The third-order valence-electron chi connectivity index (χ3n) is 9.00. The number of pyridine rings is 1. The van der Waals surface area contributed by atoms with Crippen LogP contribution in [0.2, 0.25) is 0 Å². The van der Waals surface area contributed by atoms with Crippen molar-refractivity contribution in [2.45, 2.75) is 72.1 Å². The van der Waals surface area contributed by atoms with Crippen molar-refractivity contribution in [1.82, 2.24) is 19.3 Å². The molecule has 0 unspecified atom stereocenters. The van der Waals surface area contributed by atoms with Gasteiger partial charge in [0.2, 0.25) is 0 Å². The monoisotopic (exact) mass is 632 g/mol. The summed E-state index contributed by atoms with van der Waals surface area (Å²) in [4.78, 5) is 4.84. The highest BCUT2D eigenvalue weighted by molar-refractivity contribution is 6.09. The summed E-state index contributed by atoms with van der Waals surface area (Å²) in [6.07, 6.45) is 3.86.